The van der Waals surface area contributed by atoms with Crippen molar-refractivity contribution in [2.45, 2.75) is 51.5 Å². The molecule has 3 N–H and O–H groups in total. The maximum atomic E-state index is 6.03. The van der Waals surface area contributed by atoms with Crippen LogP contribution in [0.2, 0.25) is 0 Å². The van der Waals surface area contributed by atoms with Crippen molar-refractivity contribution in [3.63, 3.8) is 0 Å². The second kappa shape index (κ2) is 6.74. The van der Waals surface area contributed by atoms with Crippen LogP contribution in [0.1, 0.15) is 44.6 Å². The van der Waals surface area contributed by atoms with Gasteiger partial charge in [-0.1, -0.05) is 26.2 Å². The summed E-state index contributed by atoms with van der Waals surface area (Å²) in [6, 6.07) is 2.46. The molecule has 1 aromatic rings. The molecule has 0 aliphatic heterocycles. The lowest BCUT2D eigenvalue weighted by molar-refractivity contribution is 0.269. The summed E-state index contributed by atoms with van der Waals surface area (Å²) >= 11 is 0. The molecule has 0 amide bonds. The van der Waals surface area contributed by atoms with E-state index in [1.807, 2.05) is 12.3 Å². The van der Waals surface area contributed by atoms with Crippen molar-refractivity contribution in [1.82, 2.24) is 10.3 Å². The van der Waals surface area contributed by atoms with Gasteiger partial charge in [0.2, 0.25) is 0 Å². The summed E-state index contributed by atoms with van der Waals surface area (Å²) in [5, 5.41) is 3.64. The van der Waals surface area contributed by atoms with Gasteiger partial charge in [-0.05, 0) is 43.4 Å². The van der Waals surface area contributed by atoms with Crippen molar-refractivity contribution in [2.24, 2.45) is 5.92 Å². The number of nitrogens with two attached hydrogens (primary N) is 1. The van der Waals surface area contributed by atoms with Crippen LogP contribution >= 0.6 is 0 Å². The molecule has 1 heterocycles. The lowest BCUT2D eigenvalue weighted by Crippen LogP contribution is -2.39. The minimum atomic E-state index is 0.557. The van der Waals surface area contributed by atoms with Gasteiger partial charge in [0.05, 0.1) is 0 Å². The number of nitrogens with one attached hydrogen (secondary N) is 1. The van der Waals surface area contributed by atoms with E-state index in [1.165, 1.54) is 37.7 Å². The molecule has 1 aromatic heterocycles. The molecule has 100 valence electrons. The molecule has 1 aliphatic rings. The number of nitrogens with zero attached hydrogens (tertiary/aromatic N) is 1. The quantitative estimate of drug-likeness (QED) is 0.841. The van der Waals surface area contributed by atoms with Crippen LogP contribution in [-0.4, -0.2) is 17.6 Å². The zero-order chi connectivity index (χ0) is 12.8. The summed E-state index contributed by atoms with van der Waals surface area (Å²) in [5.74, 6) is 0.804. The van der Waals surface area contributed by atoms with Crippen molar-refractivity contribution in [3.05, 3.63) is 24.0 Å². The van der Waals surface area contributed by atoms with Crippen LogP contribution in [0.4, 0.5) is 5.69 Å². The van der Waals surface area contributed by atoms with E-state index in [0.29, 0.717) is 6.04 Å². The van der Waals surface area contributed by atoms with E-state index < -0.39 is 0 Å². The summed E-state index contributed by atoms with van der Waals surface area (Å²) in [6.45, 7) is 3.21. The van der Waals surface area contributed by atoms with Crippen LogP contribution < -0.4 is 11.1 Å². The van der Waals surface area contributed by atoms with Crippen LogP contribution in [-0.2, 0) is 6.42 Å². The molecular weight excluding hydrogens is 222 g/mol. The fraction of sp³-hybridized carbons (Fsp3) is 0.667. The molecule has 2 rings (SSSR count). The van der Waals surface area contributed by atoms with Crippen LogP contribution in [0.25, 0.3) is 0 Å². The average Bonchev–Trinajstić information content (AvgIpc) is 2.42. The highest BCUT2D eigenvalue weighted by atomic mass is 14.9. The Bertz CT molecular complexity index is 359. The fourth-order valence-electron chi connectivity index (χ4n) is 3.05. The molecular formula is C15H25N3. The van der Waals surface area contributed by atoms with Crippen LogP contribution in [0, 0.1) is 5.92 Å². The summed E-state index contributed by atoms with van der Waals surface area (Å²) in [6.07, 6.45) is 11.6. The number of anilines is 1. The van der Waals surface area contributed by atoms with Gasteiger partial charge >= 0.3 is 0 Å². The Morgan fingerprint density at radius 3 is 2.83 bits per heavy atom. The highest BCUT2D eigenvalue weighted by Gasteiger charge is 2.23. The Morgan fingerprint density at radius 2 is 2.17 bits per heavy atom. The first-order chi connectivity index (χ1) is 8.81. The Morgan fingerprint density at radius 1 is 1.39 bits per heavy atom. The molecule has 0 saturated heterocycles. The largest absolute Gasteiger partial charge is 0.398 e. The number of aromatic nitrogens is 1. The third-order valence-corrected chi connectivity index (χ3v) is 4.07. The van der Waals surface area contributed by atoms with Crippen LogP contribution in [0.15, 0.2) is 18.5 Å². The third kappa shape index (κ3) is 3.45. The molecule has 1 fully saturated rings. The van der Waals surface area contributed by atoms with Gasteiger partial charge in [-0.2, -0.15) is 0 Å². The molecule has 0 bridgehead atoms. The Balaban J connectivity index is 2.03. The first kappa shape index (κ1) is 13.3. The summed E-state index contributed by atoms with van der Waals surface area (Å²) < 4.78 is 0. The third-order valence-electron chi connectivity index (χ3n) is 4.07. The summed E-state index contributed by atoms with van der Waals surface area (Å²) in [7, 11) is 0. The Hall–Kier alpha value is -1.09. The number of likely N-dealkylation sites (N-methyl/N-ethyl adjacent to an activating group) is 1. The standard InChI is InChI=1S/C15H25N3/c1-2-18-15(12-6-4-3-5-7-12)10-13-11-17-9-8-14(13)16/h8-9,11-12,15,18H,2-7,10H2,1H3,(H2,16,17). The number of pyridine rings is 1. The predicted octanol–water partition coefficient (Wildman–Crippen LogP) is 2.76. The number of nitrogen functional groups attached to an aromatic ring is 1. The second-order valence-corrected chi connectivity index (χ2v) is 5.34. The minimum absolute atomic E-state index is 0.557. The van der Waals surface area contributed by atoms with Crippen molar-refractivity contribution >= 4 is 5.69 Å². The highest BCUT2D eigenvalue weighted by Crippen LogP contribution is 2.28. The van der Waals surface area contributed by atoms with E-state index in [0.717, 1.165) is 24.6 Å². The topological polar surface area (TPSA) is 50.9 Å². The van der Waals surface area contributed by atoms with E-state index in [2.05, 4.69) is 17.2 Å². The molecule has 1 atom stereocenters. The maximum absolute atomic E-state index is 6.03. The van der Waals surface area contributed by atoms with Crippen molar-refractivity contribution < 1.29 is 0 Å². The smallest absolute Gasteiger partial charge is 0.0378 e. The Kier molecular flexibility index (Phi) is 5.00. The lowest BCUT2D eigenvalue weighted by atomic mass is 9.81. The average molecular weight is 247 g/mol. The Labute approximate surface area is 110 Å². The van der Waals surface area contributed by atoms with Crippen LogP contribution in [0.3, 0.4) is 0 Å². The van der Waals surface area contributed by atoms with Gasteiger partial charge in [0.25, 0.3) is 0 Å². The molecule has 3 nitrogen and oxygen atoms in total. The van der Waals surface area contributed by atoms with Gasteiger partial charge in [-0.25, -0.2) is 0 Å². The van der Waals surface area contributed by atoms with E-state index in [4.69, 9.17) is 5.73 Å². The van der Waals surface area contributed by atoms with Gasteiger partial charge in [0.1, 0.15) is 0 Å². The van der Waals surface area contributed by atoms with Crippen LogP contribution in [0.5, 0.6) is 0 Å². The van der Waals surface area contributed by atoms with Crippen molar-refractivity contribution in [2.75, 3.05) is 12.3 Å². The number of hydrogen-bond donors (Lipinski definition) is 2. The molecule has 18 heavy (non-hydrogen) atoms. The molecule has 0 aromatic carbocycles. The zero-order valence-electron chi connectivity index (χ0n) is 11.4. The molecule has 3 heteroatoms. The second-order valence-electron chi connectivity index (χ2n) is 5.34. The van der Waals surface area contributed by atoms with Gasteiger partial charge in [0, 0.05) is 24.1 Å². The minimum Gasteiger partial charge on any atom is -0.398 e. The SMILES string of the molecule is CCNC(Cc1cnccc1N)C1CCCCC1. The number of rotatable bonds is 5. The van der Waals surface area contributed by atoms with E-state index >= 15 is 0 Å². The summed E-state index contributed by atoms with van der Waals surface area (Å²) in [5.41, 5.74) is 8.09. The number of hydrogen-bond acceptors (Lipinski definition) is 3. The fourth-order valence-corrected chi connectivity index (χ4v) is 3.05. The lowest BCUT2D eigenvalue weighted by Gasteiger charge is -2.31. The monoisotopic (exact) mass is 247 g/mol. The van der Waals surface area contributed by atoms with Gasteiger partial charge in [-0.15, -0.1) is 0 Å². The normalized spacial score (nSPS) is 18.7. The molecule has 1 saturated carbocycles. The van der Waals surface area contributed by atoms with Crippen molar-refractivity contribution in [3.8, 4) is 0 Å². The summed E-state index contributed by atoms with van der Waals surface area (Å²) in [4.78, 5) is 4.20. The first-order valence-electron chi connectivity index (χ1n) is 7.23. The molecule has 0 spiro atoms. The van der Waals surface area contributed by atoms with E-state index in [1.54, 1.807) is 6.20 Å². The maximum Gasteiger partial charge on any atom is 0.0378 e. The first-order valence-corrected chi connectivity index (χ1v) is 7.23. The van der Waals surface area contributed by atoms with Gasteiger partial charge in [0.15, 0.2) is 0 Å². The molecule has 0 radical (unpaired) electrons. The van der Waals surface area contributed by atoms with Crippen molar-refractivity contribution in [1.29, 1.82) is 0 Å². The molecule has 1 aliphatic carbocycles. The molecule has 1 unspecified atom stereocenters. The predicted molar refractivity (Wildman–Crippen MR) is 76.4 cm³/mol. The zero-order valence-corrected chi connectivity index (χ0v) is 11.4. The van der Waals surface area contributed by atoms with Gasteiger partial charge < -0.3 is 11.1 Å². The highest BCUT2D eigenvalue weighted by molar-refractivity contribution is 5.44. The van der Waals surface area contributed by atoms with E-state index in [9.17, 15) is 0 Å². The van der Waals surface area contributed by atoms with Gasteiger partial charge in [-0.3, -0.25) is 4.98 Å². The van der Waals surface area contributed by atoms with E-state index in [-0.39, 0.29) is 0 Å².